The van der Waals surface area contributed by atoms with Crippen LogP contribution >= 0.6 is 0 Å². The lowest BCUT2D eigenvalue weighted by atomic mass is 10.3. The van der Waals surface area contributed by atoms with Crippen molar-refractivity contribution in [2.45, 2.75) is 6.42 Å². The number of hydrogen-bond acceptors (Lipinski definition) is 3. The van der Waals surface area contributed by atoms with E-state index >= 15 is 0 Å². The largest absolute Gasteiger partial charge is 0.493 e. The summed E-state index contributed by atoms with van der Waals surface area (Å²) in [7, 11) is 1.49. The number of hydrogen-bond donors (Lipinski definition) is 1. The molecule has 1 aromatic carbocycles. The zero-order chi connectivity index (χ0) is 9.52. The lowest BCUT2D eigenvalue weighted by Crippen LogP contribution is -2.06. The van der Waals surface area contributed by atoms with Crippen molar-refractivity contribution in [2.24, 2.45) is 0 Å². The highest BCUT2D eigenvalue weighted by atomic mass is 16.5. The van der Waals surface area contributed by atoms with E-state index in [1.807, 2.05) is 30.3 Å². The lowest BCUT2D eigenvalue weighted by molar-refractivity contribution is 0.307. The first-order valence-electron chi connectivity index (χ1n) is 4.12. The van der Waals surface area contributed by atoms with Crippen molar-refractivity contribution in [1.82, 2.24) is 0 Å². The number of benzene rings is 1. The third-order valence-corrected chi connectivity index (χ3v) is 1.59. The fourth-order valence-corrected chi connectivity index (χ4v) is 0.880. The van der Waals surface area contributed by atoms with Gasteiger partial charge < -0.3 is 9.47 Å². The summed E-state index contributed by atoms with van der Waals surface area (Å²) < 4.78 is 10.0. The van der Waals surface area contributed by atoms with Crippen molar-refractivity contribution in [3.63, 3.8) is 0 Å². The van der Waals surface area contributed by atoms with E-state index in [-0.39, 0.29) is 5.90 Å². The van der Waals surface area contributed by atoms with Gasteiger partial charge in [-0.3, -0.25) is 5.41 Å². The smallest absolute Gasteiger partial charge is 0.183 e. The van der Waals surface area contributed by atoms with Crippen LogP contribution in [0.2, 0.25) is 0 Å². The van der Waals surface area contributed by atoms with Crippen molar-refractivity contribution >= 4 is 5.90 Å². The quantitative estimate of drug-likeness (QED) is 0.568. The average molecular weight is 179 g/mol. The summed E-state index contributed by atoms with van der Waals surface area (Å²) in [6, 6.07) is 9.53. The highest BCUT2D eigenvalue weighted by Gasteiger charge is 1.95. The Kier molecular flexibility index (Phi) is 3.82. The SMILES string of the molecule is COC(=N)CCOc1ccccc1. The van der Waals surface area contributed by atoms with Crippen LogP contribution in [0.3, 0.4) is 0 Å². The van der Waals surface area contributed by atoms with Gasteiger partial charge in [-0.2, -0.15) is 0 Å². The molecule has 13 heavy (non-hydrogen) atoms. The van der Waals surface area contributed by atoms with E-state index in [2.05, 4.69) is 0 Å². The van der Waals surface area contributed by atoms with E-state index < -0.39 is 0 Å². The standard InChI is InChI=1S/C10H13NO2/c1-12-10(11)7-8-13-9-5-3-2-4-6-9/h2-6,11H,7-8H2,1H3. The third-order valence-electron chi connectivity index (χ3n) is 1.59. The summed E-state index contributed by atoms with van der Waals surface area (Å²) in [6.07, 6.45) is 0.505. The van der Waals surface area contributed by atoms with E-state index in [1.54, 1.807) is 0 Å². The van der Waals surface area contributed by atoms with Crippen LogP contribution in [0.15, 0.2) is 30.3 Å². The minimum absolute atomic E-state index is 0.246. The first-order chi connectivity index (χ1) is 6.33. The zero-order valence-corrected chi connectivity index (χ0v) is 7.62. The maximum Gasteiger partial charge on any atom is 0.183 e. The molecule has 0 aliphatic rings. The molecule has 0 unspecified atom stereocenters. The molecular weight excluding hydrogens is 166 g/mol. The third kappa shape index (κ3) is 3.60. The Bertz CT molecular complexity index is 259. The van der Waals surface area contributed by atoms with E-state index in [0.717, 1.165) is 5.75 Å². The number of rotatable bonds is 4. The Balaban J connectivity index is 2.24. The normalized spacial score (nSPS) is 9.31. The molecule has 0 aromatic heterocycles. The van der Waals surface area contributed by atoms with Crippen LogP contribution < -0.4 is 4.74 Å². The Morgan fingerprint density at radius 2 is 2.00 bits per heavy atom. The van der Waals surface area contributed by atoms with Gasteiger partial charge in [-0.25, -0.2) is 0 Å². The summed E-state index contributed by atoms with van der Waals surface area (Å²) in [5, 5.41) is 7.20. The first kappa shape index (κ1) is 9.58. The predicted molar refractivity (Wildman–Crippen MR) is 51.3 cm³/mol. The van der Waals surface area contributed by atoms with Gasteiger partial charge in [0.2, 0.25) is 0 Å². The Morgan fingerprint density at radius 3 is 2.62 bits per heavy atom. The van der Waals surface area contributed by atoms with Gasteiger partial charge in [0, 0.05) is 0 Å². The van der Waals surface area contributed by atoms with Crippen LogP contribution in [-0.2, 0) is 4.74 Å². The molecule has 70 valence electrons. The summed E-state index contributed by atoms with van der Waals surface area (Å²) in [5.41, 5.74) is 0. The first-order valence-corrected chi connectivity index (χ1v) is 4.12. The summed E-state index contributed by atoms with van der Waals surface area (Å²) in [4.78, 5) is 0. The van der Waals surface area contributed by atoms with Gasteiger partial charge >= 0.3 is 0 Å². The van der Waals surface area contributed by atoms with Crippen molar-refractivity contribution in [3.05, 3.63) is 30.3 Å². The average Bonchev–Trinajstić information content (AvgIpc) is 2.19. The van der Waals surface area contributed by atoms with Gasteiger partial charge in [0.25, 0.3) is 0 Å². The predicted octanol–water partition coefficient (Wildman–Crippen LogP) is 2.08. The topological polar surface area (TPSA) is 42.3 Å². The Hall–Kier alpha value is -1.51. The van der Waals surface area contributed by atoms with Crippen LogP contribution in [0.25, 0.3) is 0 Å². The molecule has 0 bridgehead atoms. The maximum atomic E-state index is 7.20. The minimum Gasteiger partial charge on any atom is -0.493 e. The molecule has 3 heteroatoms. The molecule has 0 fully saturated rings. The van der Waals surface area contributed by atoms with E-state index in [1.165, 1.54) is 7.11 Å². The molecule has 1 aromatic rings. The molecule has 1 N–H and O–H groups in total. The van der Waals surface area contributed by atoms with Crippen LogP contribution in [0.5, 0.6) is 5.75 Å². The number of methoxy groups -OCH3 is 1. The summed E-state index contributed by atoms with van der Waals surface area (Å²) in [5.74, 6) is 1.07. The number of nitrogens with one attached hydrogen (secondary N) is 1. The molecule has 0 heterocycles. The van der Waals surface area contributed by atoms with E-state index in [9.17, 15) is 0 Å². The van der Waals surface area contributed by atoms with Crippen LogP contribution in [-0.4, -0.2) is 19.6 Å². The van der Waals surface area contributed by atoms with Crippen molar-refractivity contribution in [3.8, 4) is 5.75 Å². The zero-order valence-electron chi connectivity index (χ0n) is 7.62. The van der Waals surface area contributed by atoms with Crippen LogP contribution in [0, 0.1) is 5.41 Å². The van der Waals surface area contributed by atoms with E-state index in [4.69, 9.17) is 14.9 Å². The summed E-state index contributed by atoms with van der Waals surface area (Å²) >= 11 is 0. The van der Waals surface area contributed by atoms with Gasteiger partial charge in [-0.15, -0.1) is 0 Å². The van der Waals surface area contributed by atoms with Gasteiger partial charge in [0.05, 0.1) is 20.1 Å². The number of para-hydroxylation sites is 1. The molecule has 0 aliphatic heterocycles. The van der Waals surface area contributed by atoms with Crippen LogP contribution in [0.4, 0.5) is 0 Å². The van der Waals surface area contributed by atoms with Gasteiger partial charge in [-0.05, 0) is 12.1 Å². The second kappa shape index (κ2) is 5.19. The molecule has 0 spiro atoms. The van der Waals surface area contributed by atoms with Crippen molar-refractivity contribution in [2.75, 3.05) is 13.7 Å². The maximum absolute atomic E-state index is 7.20. The number of ether oxygens (including phenoxy) is 2. The fraction of sp³-hybridized carbons (Fsp3) is 0.300. The summed E-state index contributed by atoms with van der Waals surface area (Å²) in [6.45, 7) is 0.483. The molecule has 0 aliphatic carbocycles. The Morgan fingerprint density at radius 1 is 1.31 bits per heavy atom. The van der Waals surface area contributed by atoms with Crippen LogP contribution in [0.1, 0.15) is 6.42 Å². The van der Waals surface area contributed by atoms with Gasteiger partial charge in [-0.1, -0.05) is 18.2 Å². The second-order valence-electron chi connectivity index (χ2n) is 2.54. The van der Waals surface area contributed by atoms with Gasteiger partial charge in [0.1, 0.15) is 5.75 Å². The van der Waals surface area contributed by atoms with Crippen molar-refractivity contribution < 1.29 is 9.47 Å². The molecule has 3 nitrogen and oxygen atoms in total. The molecular formula is C10H13NO2. The van der Waals surface area contributed by atoms with Gasteiger partial charge in [0.15, 0.2) is 5.90 Å². The second-order valence-corrected chi connectivity index (χ2v) is 2.54. The molecule has 0 amide bonds. The Labute approximate surface area is 77.8 Å². The molecule has 0 saturated heterocycles. The highest BCUT2D eigenvalue weighted by molar-refractivity contribution is 5.72. The molecule has 1 rings (SSSR count). The van der Waals surface area contributed by atoms with Crippen molar-refractivity contribution in [1.29, 1.82) is 5.41 Å². The minimum atomic E-state index is 0.246. The fourth-order valence-electron chi connectivity index (χ4n) is 0.880. The van der Waals surface area contributed by atoms with E-state index in [0.29, 0.717) is 13.0 Å². The molecule has 0 atom stereocenters. The monoisotopic (exact) mass is 179 g/mol. The highest BCUT2D eigenvalue weighted by Crippen LogP contribution is 2.08. The molecule has 0 saturated carbocycles. The lowest BCUT2D eigenvalue weighted by Gasteiger charge is -2.05. The molecule has 0 radical (unpaired) electrons.